The normalized spacial score (nSPS) is 15.3. The summed E-state index contributed by atoms with van der Waals surface area (Å²) in [6.45, 7) is 1.47. The molecule has 6 nitrogen and oxygen atoms in total. The van der Waals surface area contributed by atoms with Gasteiger partial charge in [0.25, 0.3) is 5.91 Å². The second kappa shape index (κ2) is 14.5. The Morgan fingerprint density at radius 3 is 2.02 bits per heavy atom. The maximum absolute atomic E-state index is 13.4. The number of amides is 1. The Bertz CT molecular complexity index is 2060. The van der Waals surface area contributed by atoms with Crippen LogP contribution < -0.4 is 14.5 Å². The van der Waals surface area contributed by atoms with Crippen LogP contribution in [0.15, 0.2) is 152 Å². The van der Waals surface area contributed by atoms with Crippen molar-refractivity contribution in [3.8, 4) is 11.1 Å². The minimum atomic E-state index is -0.759. The molecule has 242 valence electrons. The average Bonchev–Trinajstić information content (AvgIpc) is 3.13. The summed E-state index contributed by atoms with van der Waals surface area (Å²) >= 11 is 0. The number of anilines is 1. The van der Waals surface area contributed by atoms with E-state index in [0.29, 0.717) is 37.1 Å². The lowest BCUT2D eigenvalue weighted by Gasteiger charge is -2.31. The number of aliphatic carboxylic acids is 1. The van der Waals surface area contributed by atoms with Crippen LogP contribution in [0.4, 0.5) is 5.69 Å². The van der Waals surface area contributed by atoms with Crippen molar-refractivity contribution in [2.45, 2.75) is 38.3 Å². The van der Waals surface area contributed by atoms with Crippen molar-refractivity contribution in [2.24, 2.45) is 5.92 Å². The van der Waals surface area contributed by atoms with Crippen LogP contribution in [-0.2, 0) is 30.7 Å². The summed E-state index contributed by atoms with van der Waals surface area (Å²) in [4.78, 5) is 25.5. The van der Waals surface area contributed by atoms with Crippen molar-refractivity contribution in [3.63, 3.8) is 0 Å². The number of rotatable bonds is 10. The fourth-order valence-electron chi connectivity index (χ4n) is 6.93. The maximum atomic E-state index is 13.4. The molecule has 4 aromatic carbocycles. The number of fused-ring (bicyclic) bond motifs is 1. The van der Waals surface area contributed by atoms with E-state index in [4.69, 9.17) is 0 Å². The number of nitrogens with zero attached hydrogens (tertiary/aromatic N) is 2. The molecule has 0 saturated carbocycles. The molecule has 2 atom stereocenters. The maximum Gasteiger partial charge on any atom is 0.307 e. The number of aromatic nitrogens is 2. The SMILES string of the molecule is O=C(Nc1ccc[n+](Cc2ccc(C[n+]3ccc(-c4ccccc4)cc3)cc2)c1)c1ccc2c(c1)CCC(C(=O)O)C2Cc1ccccc1. The molecule has 2 N–H and O–H groups in total. The zero-order chi connectivity index (χ0) is 33.6. The Morgan fingerprint density at radius 2 is 1.33 bits per heavy atom. The van der Waals surface area contributed by atoms with Gasteiger partial charge in [-0.3, -0.25) is 9.59 Å². The molecule has 6 heteroatoms. The first kappa shape index (κ1) is 31.7. The monoisotopic (exact) mass is 645 g/mol. The molecule has 2 unspecified atom stereocenters. The first-order valence-corrected chi connectivity index (χ1v) is 16.8. The summed E-state index contributed by atoms with van der Waals surface area (Å²) in [5.41, 5.74) is 9.29. The predicted molar refractivity (Wildman–Crippen MR) is 190 cm³/mol. The largest absolute Gasteiger partial charge is 0.481 e. The van der Waals surface area contributed by atoms with Crippen molar-refractivity contribution < 1.29 is 23.8 Å². The molecule has 1 amide bonds. The Labute approximate surface area is 287 Å². The molecular formula is C43H39N3O3+2. The number of carboxylic acids is 1. The van der Waals surface area contributed by atoms with Gasteiger partial charge in [0.15, 0.2) is 37.9 Å². The standard InChI is InChI=1S/C43H37N3O3/c47-42(37-18-19-39-36(27-37)17-20-40(43(48)49)41(39)26-31-8-3-1-4-9-31)44-38-12-7-23-46(30-38)29-33-15-13-32(14-16-33)28-45-24-21-35(22-25-45)34-10-5-2-6-11-34/h1-16,18-19,21-25,27,30,40-41H,17,20,26,28-29H2/p+2. The van der Waals surface area contributed by atoms with Gasteiger partial charge in [0.05, 0.1) is 5.92 Å². The molecule has 7 rings (SSSR count). The lowest BCUT2D eigenvalue weighted by molar-refractivity contribution is -0.688. The van der Waals surface area contributed by atoms with E-state index in [1.54, 1.807) is 0 Å². The fraction of sp³-hybridized carbons (Fsp3) is 0.163. The molecule has 2 aromatic heterocycles. The molecule has 0 spiro atoms. The summed E-state index contributed by atoms with van der Waals surface area (Å²) in [6, 6.07) is 42.9. The fourth-order valence-corrected chi connectivity index (χ4v) is 6.93. The van der Waals surface area contributed by atoms with Gasteiger partial charge in [-0.05, 0) is 65.3 Å². The number of carbonyl (C=O) groups is 2. The Kier molecular flexibility index (Phi) is 9.37. The van der Waals surface area contributed by atoms with Crippen LogP contribution >= 0.6 is 0 Å². The highest BCUT2D eigenvalue weighted by atomic mass is 16.4. The second-order valence-electron chi connectivity index (χ2n) is 12.9. The highest BCUT2D eigenvalue weighted by molar-refractivity contribution is 6.04. The van der Waals surface area contributed by atoms with E-state index in [1.807, 2.05) is 79.1 Å². The van der Waals surface area contributed by atoms with Crippen LogP contribution in [0.1, 0.15) is 50.5 Å². The molecule has 0 saturated heterocycles. The lowest BCUT2D eigenvalue weighted by Crippen LogP contribution is -2.34. The molecular weight excluding hydrogens is 606 g/mol. The van der Waals surface area contributed by atoms with Gasteiger partial charge in [0.1, 0.15) is 5.69 Å². The molecule has 49 heavy (non-hydrogen) atoms. The van der Waals surface area contributed by atoms with Gasteiger partial charge in [0.2, 0.25) is 0 Å². The van der Waals surface area contributed by atoms with Crippen LogP contribution in [-0.4, -0.2) is 17.0 Å². The summed E-state index contributed by atoms with van der Waals surface area (Å²) < 4.78 is 4.25. The molecule has 1 aliphatic rings. The number of pyridine rings is 2. The third kappa shape index (κ3) is 7.65. The number of hydrogen-bond acceptors (Lipinski definition) is 2. The molecule has 2 heterocycles. The first-order valence-electron chi connectivity index (χ1n) is 16.8. The number of carbonyl (C=O) groups excluding carboxylic acids is 1. The van der Waals surface area contributed by atoms with Gasteiger partial charge in [-0.15, -0.1) is 0 Å². The van der Waals surface area contributed by atoms with E-state index >= 15 is 0 Å². The minimum Gasteiger partial charge on any atom is -0.481 e. The lowest BCUT2D eigenvalue weighted by atomic mass is 9.72. The minimum absolute atomic E-state index is 0.131. The van der Waals surface area contributed by atoms with Crippen molar-refractivity contribution >= 4 is 17.6 Å². The van der Waals surface area contributed by atoms with Crippen LogP contribution in [0.3, 0.4) is 0 Å². The zero-order valence-corrected chi connectivity index (χ0v) is 27.3. The van der Waals surface area contributed by atoms with E-state index in [1.165, 1.54) is 22.3 Å². The summed E-state index contributed by atoms with van der Waals surface area (Å²) in [5, 5.41) is 13.0. The Hall–Kier alpha value is -5.88. The van der Waals surface area contributed by atoms with Crippen molar-refractivity contribution in [3.05, 3.63) is 186 Å². The third-order valence-electron chi connectivity index (χ3n) is 9.50. The van der Waals surface area contributed by atoms with Gasteiger partial charge in [-0.2, -0.15) is 4.57 Å². The van der Waals surface area contributed by atoms with Crippen molar-refractivity contribution in [1.29, 1.82) is 0 Å². The van der Waals surface area contributed by atoms with Gasteiger partial charge in [0, 0.05) is 40.8 Å². The number of nitrogens with one attached hydrogen (secondary N) is 1. The molecule has 0 radical (unpaired) electrons. The topological polar surface area (TPSA) is 74.2 Å². The number of hydrogen-bond donors (Lipinski definition) is 2. The van der Waals surface area contributed by atoms with Gasteiger partial charge < -0.3 is 10.4 Å². The molecule has 0 bridgehead atoms. The van der Waals surface area contributed by atoms with E-state index in [2.05, 4.69) is 87.5 Å². The first-order chi connectivity index (χ1) is 24.0. The zero-order valence-electron chi connectivity index (χ0n) is 27.3. The summed E-state index contributed by atoms with van der Waals surface area (Å²) in [5.74, 6) is -1.52. The quantitative estimate of drug-likeness (QED) is 0.154. The Balaban J connectivity index is 0.985. The summed E-state index contributed by atoms with van der Waals surface area (Å²) in [6.07, 6.45) is 10.0. The highest BCUT2D eigenvalue weighted by Crippen LogP contribution is 2.39. The van der Waals surface area contributed by atoms with Gasteiger partial charge >= 0.3 is 5.97 Å². The smallest absolute Gasteiger partial charge is 0.307 e. The van der Waals surface area contributed by atoms with Gasteiger partial charge in [-0.25, -0.2) is 4.57 Å². The van der Waals surface area contributed by atoms with E-state index < -0.39 is 11.9 Å². The second-order valence-corrected chi connectivity index (χ2v) is 12.9. The van der Waals surface area contributed by atoms with Crippen molar-refractivity contribution in [2.75, 3.05) is 5.32 Å². The molecule has 0 aliphatic heterocycles. The number of benzene rings is 4. The molecule has 0 fully saturated rings. The molecule has 1 aliphatic carbocycles. The van der Waals surface area contributed by atoms with E-state index in [0.717, 1.165) is 23.2 Å². The predicted octanol–water partition coefficient (Wildman–Crippen LogP) is 7.25. The highest BCUT2D eigenvalue weighted by Gasteiger charge is 2.34. The molecule has 6 aromatic rings. The van der Waals surface area contributed by atoms with E-state index in [-0.39, 0.29) is 11.8 Å². The third-order valence-corrected chi connectivity index (χ3v) is 9.50. The Morgan fingerprint density at radius 1 is 0.673 bits per heavy atom. The van der Waals surface area contributed by atoms with Crippen molar-refractivity contribution in [1.82, 2.24) is 0 Å². The van der Waals surface area contributed by atoms with Gasteiger partial charge in [-0.1, -0.05) is 91.0 Å². The number of carboxylic acid groups (broad SMARTS) is 1. The number of aryl methyl sites for hydroxylation is 1. The summed E-state index contributed by atoms with van der Waals surface area (Å²) in [7, 11) is 0. The van der Waals surface area contributed by atoms with Crippen LogP contribution in [0.2, 0.25) is 0 Å². The van der Waals surface area contributed by atoms with Crippen LogP contribution in [0.25, 0.3) is 11.1 Å². The average molecular weight is 646 g/mol. The van der Waals surface area contributed by atoms with Crippen LogP contribution in [0, 0.1) is 5.92 Å². The van der Waals surface area contributed by atoms with E-state index in [9.17, 15) is 14.7 Å². The van der Waals surface area contributed by atoms with Crippen LogP contribution in [0.5, 0.6) is 0 Å².